The lowest BCUT2D eigenvalue weighted by atomic mass is 10.4. The fourth-order valence-electron chi connectivity index (χ4n) is 0.916. The second kappa shape index (κ2) is 5.74. The van der Waals surface area contributed by atoms with Gasteiger partial charge in [0.15, 0.2) is 0 Å². The summed E-state index contributed by atoms with van der Waals surface area (Å²) in [6, 6.07) is 0. The third kappa shape index (κ3) is 3.54. The minimum Gasteiger partial charge on any atom is -0.440 e. The quantitative estimate of drug-likeness (QED) is 0.323. The summed E-state index contributed by atoms with van der Waals surface area (Å²) in [5.74, 6) is 4.72. The molecule has 0 aliphatic carbocycles. The maximum atomic E-state index is 11.3. The zero-order valence-electron chi connectivity index (χ0n) is 8.52. The first kappa shape index (κ1) is 12.0. The summed E-state index contributed by atoms with van der Waals surface area (Å²) in [6.45, 7) is 2.05. The van der Waals surface area contributed by atoms with Gasteiger partial charge in [0, 0.05) is 7.11 Å². The first-order valence-corrected chi connectivity index (χ1v) is 5.13. The van der Waals surface area contributed by atoms with Crippen LogP contribution in [0.1, 0.15) is 5.69 Å². The Labute approximate surface area is 91.5 Å². The number of hydrazine groups is 1. The largest absolute Gasteiger partial charge is 0.440 e. The maximum absolute atomic E-state index is 11.3. The Morgan fingerprint density at radius 1 is 1.87 bits per heavy atom. The Bertz CT molecular complexity index is 329. The number of thioether (sulfide) groups is 1. The lowest BCUT2D eigenvalue weighted by molar-refractivity contribution is -0.121. The number of hydrogen-bond acceptors (Lipinski definition) is 6. The highest BCUT2D eigenvalue weighted by atomic mass is 32.2. The predicted octanol–water partition coefficient (Wildman–Crippen LogP) is 0.0800. The number of aryl methyl sites for hydroxylation is 1. The number of carbonyl (C=O) groups is 1. The average Bonchev–Trinajstić information content (AvgIpc) is 2.62. The van der Waals surface area contributed by atoms with E-state index in [0.717, 1.165) is 5.69 Å². The number of hydrogen-bond donors (Lipinski definition) is 2. The number of aromatic nitrogens is 1. The minimum atomic E-state index is -0.460. The number of nitrogens with zero attached hydrogens (tertiary/aromatic N) is 1. The van der Waals surface area contributed by atoms with Crippen LogP contribution in [0.4, 0.5) is 0 Å². The van der Waals surface area contributed by atoms with E-state index in [1.54, 1.807) is 0 Å². The molecule has 15 heavy (non-hydrogen) atoms. The molecule has 0 aromatic carbocycles. The van der Waals surface area contributed by atoms with E-state index >= 15 is 0 Å². The van der Waals surface area contributed by atoms with E-state index in [1.807, 2.05) is 6.92 Å². The van der Waals surface area contributed by atoms with Crippen LogP contribution in [0.3, 0.4) is 0 Å². The summed E-state index contributed by atoms with van der Waals surface area (Å²) >= 11 is 1.17. The highest BCUT2D eigenvalue weighted by molar-refractivity contribution is 8.00. The maximum Gasteiger partial charge on any atom is 0.256 e. The van der Waals surface area contributed by atoms with Gasteiger partial charge in [-0.25, -0.2) is 10.8 Å². The molecule has 3 N–H and O–H groups in total. The molecule has 7 heteroatoms. The number of ether oxygens (including phenoxy) is 1. The van der Waals surface area contributed by atoms with Gasteiger partial charge in [-0.05, 0) is 6.92 Å². The lowest BCUT2D eigenvalue weighted by Crippen LogP contribution is -2.39. The van der Waals surface area contributed by atoms with Crippen molar-refractivity contribution in [1.29, 1.82) is 0 Å². The van der Waals surface area contributed by atoms with Crippen molar-refractivity contribution in [3.05, 3.63) is 12.0 Å². The highest BCUT2D eigenvalue weighted by Crippen LogP contribution is 2.22. The third-order valence-corrected chi connectivity index (χ3v) is 2.62. The van der Waals surface area contributed by atoms with Crippen LogP contribution >= 0.6 is 11.8 Å². The molecule has 1 rings (SSSR count). The monoisotopic (exact) mass is 231 g/mol. The normalized spacial score (nSPS) is 12.5. The van der Waals surface area contributed by atoms with Crippen molar-refractivity contribution in [2.24, 2.45) is 5.84 Å². The van der Waals surface area contributed by atoms with Gasteiger partial charge in [-0.3, -0.25) is 10.2 Å². The van der Waals surface area contributed by atoms with Crippen molar-refractivity contribution in [2.75, 3.05) is 13.7 Å². The Morgan fingerprint density at radius 3 is 3.07 bits per heavy atom. The smallest absolute Gasteiger partial charge is 0.256 e. The third-order valence-electron chi connectivity index (χ3n) is 1.59. The van der Waals surface area contributed by atoms with E-state index < -0.39 is 5.25 Å². The van der Waals surface area contributed by atoms with Crippen molar-refractivity contribution in [3.8, 4) is 0 Å². The molecule has 0 radical (unpaired) electrons. The van der Waals surface area contributed by atoms with Crippen LogP contribution in [0.25, 0.3) is 0 Å². The van der Waals surface area contributed by atoms with Gasteiger partial charge in [0.05, 0.1) is 12.3 Å². The number of nitrogens with one attached hydrogen (secondary N) is 1. The zero-order valence-corrected chi connectivity index (χ0v) is 9.34. The van der Waals surface area contributed by atoms with Gasteiger partial charge in [0.2, 0.25) is 5.91 Å². The fourth-order valence-corrected chi connectivity index (χ4v) is 1.84. The molecule has 1 unspecified atom stereocenters. The number of carbonyl (C=O) groups excluding carboxylic acids is 1. The van der Waals surface area contributed by atoms with Crippen LogP contribution in [0.2, 0.25) is 0 Å². The number of rotatable bonds is 5. The molecule has 6 nitrogen and oxygen atoms in total. The summed E-state index contributed by atoms with van der Waals surface area (Å²) in [7, 11) is 1.51. The molecule has 1 amide bonds. The van der Waals surface area contributed by atoms with Gasteiger partial charge in [-0.2, -0.15) is 0 Å². The van der Waals surface area contributed by atoms with E-state index in [4.69, 9.17) is 15.0 Å². The van der Waals surface area contributed by atoms with E-state index in [1.165, 1.54) is 25.1 Å². The minimum absolute atomic E-state index is 0.245. The topological polar surface area (TPSA) is 90.4 Å². The second-order valence-electron chi connectivity index (χ2n) is 2.83. The molecule has 1 atom stereocenters. The Hall–Kier alpha value is -1.05. The van der Waals surface area contributed by atoms with E-state index in [9.17, 15) is 4.79 Å². The molecule has 1 aromatic rings. The van der Waals surface area contributed by atoms with Crippen LogP contribution in [-0.2, 0) is 9.53 Å². The zero-order chi connectivity index (χ0) is 11.3. The van der Waals surface area contributed by atoms with Crippen LogP contribution < -0.4 is 11.3 Å². The first-order valence-electron chi connectivity index (χ1n) is 4.25. The van der Waals surface area contributed by atoms with Gasteiger partial charge < -0.3 is 9.15 Å². The second-order valence-corrected chi connectivity index (χ2v) is 3.98. The van der Waals surface area contributed by atoms with Crippen LogP contribution in [0.5, 0.6) is 0 Å². The fraction of sp³-hybridized carbons (Fsp3) is 0.500. The molecular formula is C8H13N3O3S. The van der Waals surface area contributed by atoms with Crippen LogP contribution in [-0.4, -0.2) is 29.9 Å². The Morgan fingerprint density at radius 2 is 2.60 bits per heavy atom. The van der Waals surface area contributed by atoms with Crippen molar-refractivity contribution >= 4 is 17.7 Å². The van der Waals surface area contributed by atoms with Crippen molar-refractivity contribution in [1.82, 2.24) is 10.4 Å². The summed E-state index contributed by atoms with van der Waals surface area (Å²) in [4.78, 5) is 15.4. The molecule has 0 saturated heterocycles. The molecule has 0 spiro atoms. The standard InChI is InChI=1S/C8H13N3O3S/c1-5-3-14-8(10-5)15-6(4-13-2)7(12)11-9/h3,6H,4,9H2,1-2H3,(H,11,12). The summed E-state index contributed by atoms with van der Waals surface area (Å²) in [6.07, 6.45) is 1.52. The summed E-state index contributed by atoms with van der Waals surface area (Å²) in [5, 5.41) is -0.0313. The molecule has 0 aliphatic heterocycles. The van der Waals surface area contributed by atoms with E-state index in [-0.39, 0.29) is 12.5 Å². The number of methoxy groups -OCH3 is 1. The lowest BCUT2D eigenvalue weighted by Gasteiger charge is -2.10. The molecule has 84 valence electrons. The first-order chi connectivity index (χ1) is 7.17. The van der Waals surface area contributed by atoms with Gasteiger partial charge in [0.25, 0.3) is 5.22 Å². The highest BCUT2D eigenvalue weighted by Gasteiger charge is 2.21. The molecule has 1 aromatic heterocycles. The molecule has 0 fully saturated rings. The van der Waals surface area contributed by atoms with Gasteiger partial charge in [-0.1, -0.05) is 11.8 Å². The molecule has 1 heterocycles. The average molecular weight is 231 g/mol. The Kier molecular flexibility index (Phi) is 4.60. The molecule has 0 saturated carbocycles. The van der Waals surface area contributed by atoms with Gasteiger partial charge in [-0.15, -0.1) is 0 Å². The summed E-state index contributed by atoms with van der Waals surface area (Å²) < 4.78 is 10.0. The Balaban J connectivity index is 2.62. The number of oxazole rings is 1. The molecule has 0 bridgehead atoms. The van der Waals surface area contributed by atoms with E-state index in [0.29, 0.717) is 5.22 Å². The van der Waals surface area contributed by atoms with Crippen molar-refractivity contribution in [3.63, 3.8) is 0 Å². The number of nitrogens with two attached hydrogens (primary N) is 1. The van der Waals surface area contributed by atoms with Crippen molar-refractivity contribution < 1.29 is 13.9 Å². The van der Waals surface area contributed by atoms with Crippen LogP contribution in [0.15, 0.2) is 15.9 Å². The predicted molar refractivity (Wildman–Crippen MR) is 55.1 cm³/mol. The van der Waals surface area contributed by atoms with Gasteiger partial charge >= 0.3 is 0 Å². The SMILES string of the molecule is COCC(Sc1nc(C)co1)C(=O)NN. The molecular weight excluding hydrogens is 218 g/mol. The number of amides is 1. The van der Waals surface area contributed by atoms with Crippen LogP contribution in [0, 0.1) is 6.92 Å². The summed E-state index contributed by atoms with van der Waals surface area (Å²) in [5.41, 5.74) is 2.83. The van der Waals surface area contributed by atoms with Crippen molar-refractivity contribution in [2.45, 2.75) is 17.4 Å². The van der Waals surface area contributed by atoms with Gasteiger partial charge in [0.1, 0.15) is 11.5 Å². The molecule has 0 aliphatic rings. The van der Waals surface area contributed by atoms with E-state index in [2.05, 4.69) is 10.4 Å².